The first-order valence-electron chi connectivity index (χ1n) is 34.8. The molecule has 0 spiro atoms. The lowest BCUT2D eigenvalue weighted by atomic mass is 10.0. The molecule has 10 heteroatoms. The smallest absolute Gasteiger partial charge is 0.306 e. The molecule has 0 aromatic heterocycles. The van der Waals surface area contributed by atoms with Crippen LogP contribution in [-0.4, -0.2) is 69.4 Å². The quantitative estimate of drug-likeness (QED) is 0.0212. The van der Waals surface area contributed by atoms with Gasteiger partial charge in [0.1, 0.15) is 19.3 Å². The molecule has 0 bridgehead atoms. The Morgan fingerprint density at radius 3 is 1.15 bits per heavy atom. The normalized spacial score (nSPS) is 14.3. The Balaban J connectivity index is 5.11. The zero-order valence-electron chi connectivity index (χ0n) is 55.8. The molecular weight excluding hydrogens is 1070 g/mol. The molecule has 0 fully saturated rings. The summed E-state index contributed by atoms with van der Waals surface area (Å²) >= 11 is 0. The second-order valence-electron chi connectivity index (χ2n) is 24.3. The Morgan fingerprint density at radius 1 is 0.424 bits per heavy atom. The van der Waals surface area contributed by atoms with Gasteiger partial charge in [-0.2, -0.15) is 0 Å². The molecule has 0 aliphatic carbocycles. The monoisotopic (exact) mass is 1200 g/mol. The van der Waals surface area contributed by atoms with E-state index in [2.05, 4.69) is 135 Å². The van der Waals surface area contributed by atoms with Gasteiger partial charge in [0, 0.05) is 12.8 Å². The number of carbonyl (C=O) groups is 2. The van der Waals surface area contributed by atoms with Crippen LogP contribution in [0.3, 0.4) is 0 Å². The first-order valence-corrected chi connectivity index (χ1v) is 36.3. The van der Waals surface area contributed by atoms with Gasteiger partial charge in [-0.15, -0.1) is 0 Å². The van der Waals surface area contributed by atoms with Crippen molar-refractivity contribution in [1.29, 1.82) is 0 Å². The highest BCUT2D eigenvalue weighted by Gasteiger charge is 2.27. The van der Waals surface area contributed by atoms with Crippen molar-refractivity contribution in [3.8, 4) is 0 Å². The highest BCUT2D eigenvalue weighted by molar-refractivity contribution is 7.45. The molecule has 0 heterocycles. The van der Waals surface area contributed by atoms with Crippen molar-refractivity contribution >= 4 is 19.7 Å². The summed E-state index contributed by atoms with van der Waals surface area (Å²) in [5, 5.41) is 3.03. The number of unbranched alkanes of at least 4 members (excludes halogenated alkanes) is 28. The van der Waals surface area contributed by atoms with E-state index in [4.69, 9.17) is 13.8 Å². The fraction of sp³-hybridized carbons (Fsp3) is 0.707. The summed E-state index contributed by atoms with van der Waals surface area (Å²) in [4.78, 5) is 40.2. The fourth-order valence-electron chi connectivity index (χ4n) is 9.53. The van der Waals surface area contributed by atoms with Crippen LogP contribution in [0.4, 0.5) is 0 Å². The van der Waals surface area contributed by atoms with Crippen LogP contribution < -0.4 is 10.2 Å². The number of nitrogens with one attached hydrogen (secondary N) is 1. The van der Waals surface area contributed by atoms with Gasteiger partial charge in [0.05, 0.1) is 33.8 Å². The minimum Gasteiger partial charge on any atom is -0.756 e. The number of ether oxygens (including phenoxy) is 1. The summed E-state index contributed by atoms with van der Waals surface area (Å²) in [5.74, 6) is -0.564. The van der Waals surface area contributed by atoms with Gasteiger partial charge in [-0.25, -0.2) is 0 Å². The summed E-state index contributed by atoms with van der Waals surface area (Å²) in [6.07, 6.45) is 88.8. The standard InChI is InChI=1S/C75H131N2O7P/c1-7-10-13-16-19-22-25-27-29-31-33-35-37-38-40-42-44-46-48-50-53-56-59-62-65-68-75(79)84-73(66-63-60-57-54-51-24-21-18-15-12-9-3)72(71-83-85(80,81)82-70-69-77(4,5)6)76-74(78)67-64-61-58-55-52-49-47-45-43-41-39-36-34-32-30-28-26-23-20-17-14-11-8-2/h11,14,19-20,22-23,27-30,33-36,38,40-41,43,63,66,72-73H,7-10,12-13,15-18,21,24-26,31-32,37,39,42,44-62,64-65,67-71H2,1-6H3,(H-,76,78,80,81)/b14-11-,22-19-,23-20-,29-27-,30-28-,35-33-,36-34-,40-38-,43-41-,66-63+. The van der Waals surface area contributed by atoms with Crippen molar-refractivity contribution < 1.29 is 37.3 Å². The molecule has 0 aliphatic rings. The average Bonchev–Trinajstić information content (AvgIpc) is 3.62. The van der Waals surface area contributed by atoms with Crippen molar-refractivity contribution in [3.05, 3.63) is 122 Å². The van der Waals surface area contributed by atoms with Gasteiger partial charge in [-0.05, 0) is 122 Å². The van der Waals surface area contributed by atoms with Gasteiger partial charge in [0.2, 0.25) is 5.91 Å². The van der Waals surface area contributed by atoms with E-state index in [9.17, 15) is 19.0 Å². The number of hydrogen-bond donors (Lipinski definition) is 1. The number of phosphoric ester groups is 1. The molecule has 0 aliphatic heterocycles. The van der Waals surface area contributed by atoms with E-state index >= 15 is 0 Å². The molecule has 1 N–H and O–H groups in total. The van der Waals surface area contributed by atoms with E-state index in [1.165, 1.54) is 122 Å². The van der Waals surface area contributed by atoms with Crippen LogP contribution in [0.1, 0.15) is 290 Å². The maximum Gasteiger partial charge on any atom is 0.306 e. The summed E-state index contributed by atoms with van der Waals surface area (Å²) < 4.78 is 30.4. The minimum atomic E-state index is -4.72. The van der Waals surface area contributed by atoms with Crippen LogP contribution in [0.25, 0.3) is 0 Å². The molecule has 3 atom stereocenters. The third kappa shape index (κ3) is 64.7. The predicted octanol–water partition coefficient (Wildman–Crippen LogP) is 21.6. The molecule has 488 valence electrons. The topological polar surface area (TPSA) is 114 Å². The molecule has 0 saturated heterocycles. The SMILES string of the molecule is CC/C=C\C/C=C\C/C=C\C/C=C\C/C=C\CCCCCCCCCC(=O)NC(COP(=O)([O-])OCC[N+](C)(C)C)C(/C=C/CCCCCCCCCCC)OC(=O)CCCCCCCCCCC/C=C\C/C=C\C/C=C\C/C=C\CCCCC. The molecule has 0 rings (SSSR count). The molecule has 3 unspecified atom stereocenters. The van der Waals surface area contributed by atoms with Gasteiger partial charge in [-0.3, -0.25) is 14.2 Å². The van der Waals surface area contributed by atoms with Gasteiger partial charge in [-0.1, -0.05) is 277 Å². The van der Waals surface area contributed by atoms with Crippen molar-refractivity contribution in [1.82, 2.24) is 5.32 Å². The highest BCUT2D eigenvalue weighted by Crippen LogP contribution is 2.38. The van der Waals surface area contributed by atoms with Crippen molar-refractivity contribution in [2.45, 2.75) is 303 Å². The Morgan fingerprint density at radius 2 is 0.753 bits per heavy atom. The van der Waals surface area contributed by atoms with Crippen molar-refractivity contribution in [2.75, 3.05) is 40.9 Å². The lowest BCUT2D eigenvalue weighted by Crippen LogP contribution is -2.47. The molecule has 0 saturated carbocycles. The maximum atomic E-state index is 13.6. The van der Waals surface area contributed by atoms with Crippen LogP contribution >= 0.6 is 7.82 Å². The van der Waals surface area contributed by atoms with E-state index in [0.717, 1.165) is 135 Å². The molecule has 0 radical (unpaired) electrons. The first-order chi connectivity index (χ1) is 41.4. The molecule has 0 aromatic carbocycles. The number of esters is 1. The van der Waals surface area contributed by atoms with Crippen molar-refractivity contribution in [3.63, 3.8) is 0 Å². The number of nitrogens with zero attached hydrogens (tertiary/aromatic N) is 1. The van der Waals surface area contributed by atoms with E-state index in [-0.39, 0.29) is 24.9 Å². The summed E-state index contributed by atoms with van der Waals surface area (Å²) in [7, 11) is 1.16. The molecule has 85 heavy (non-hydrogen) atoms. The van der Waals surface area contributed by atoms with E-state index in [0.29, 0.717) is 17.4 Å². The van der Waals surface area contributed by atoms with Gasteiger partial charge in [0.15, 0.2) is 0 Å². The second kappa shape index (κ2) is 63.4. The lowest BCUT2D eigenvalue weighted by molar-refractivity contribution is -0.870. The van der Waals surface area contributed by atoms with Gasteiger partial charge >= 0.3 is 5.97 Å². The number of phosphoric acid groups is 1. The molecule has 1 amide bonds. The number of carbonyl (C=O) groups excluding carboxylic acids is 2. The fourth-order valence-corrected chi connectivity index (χ4v) is 10.3. The zero-order chi connectivity index (χ0) is 62.1. The minimum absolute atomic E-state index is 0.0318. The Hall–Kier alpha value is -3.59. The molecular formula is C75H131N2O7P. The van der Waals surface area contributed by atoms with Crippen LogP contribution in [0, 0.1) is 0 Å². The number of hydrogen-bond acceptors (Lipinski definition) is 7. The van der Waals surface area contributed by atoms with Crippen LogP contribution in [0.15, 0.2) is 122 Å². The van der Waals surface area contributed by atoms with Crippen LogP contribution in [-0.2, 0) is 27.9 Å². The highest BCUT2D eigenvalue weighted by atomic mass is 31.2. The largest absolute Gasteiger partial charge is 0.756 e. The predicted molar refractivity (Wildman–Crippen MR) is 367 cm³/mol. The number of quaternary nitrogens is 1. The first kappa shape index (κ1) is 81.4. The Labute approximate surface area is 524 Å². The number of likely N-dealkylation sites (N-methyl/N-ethyl adjacent to an activating group) is 1. The van der Waals surface area contributed by atoms with Crippen LogP contribution in [0.2, 0.25) is 0 Å². The maximum absolute atomic E-state index is 13.6. The third-order valence-corrected chi connectivity index (χ3v) is 15.8. The lowest BCUT2D eigenvalue weighted by Gasteiger charge is -2.30. The van der Waals surface area contributed by atoms with Gasteiger partial charge in [0.25, 0.3) is 7.82 Å². The summed E-state index contributed by atoms with van der Waals surface area (Å²) in [6.45, 7) is 6.69. The average molecular weight is 1200 g/mol. The number of amides is 1. The van der Waals surface area contributed by atoms with Crippen LogP contribution in [0.5, 0.6) is 0 Å². The molecule has 0 aromatic rings. The van der Waals surface area contributed by atoms with Gasteiger partial charge < -0.3 is 28.5 Å². The van der Waals surface area contributed by atoms with E-state index in [1.807, 2.05) is 33.3 Å². The van der Waals surface area contributed by atoms with E-state index in [1.54, 1.807) is 0 Å². The second-order valence-corrected chi connectivity index (χ2v) is 25.7. The zero-order valence-corrected chi connectivity index (χ0v) is 56.7. The van der Waals surface area contributed by atoms with Crippen molar-refractivity contribution in [2.24, 2.45) is 0 Å². The Bertz CT molecular complexity index is 1870. The Kier molecular flexibility index (Phi) is 60.8. The van der Waals surface area contributed by atoms with E-state index < -0.39 is 26.6 Å². The number of rotatable bonds is 62. The third-order valence-electron chi connectivity index (χ3n) is 14.9. The summed E-state index contributed by atoms with van der Waals surface area (Å²) in [6, 6.07) is -0.906. The number of allylic oxidation sites excluding steroid dienone is 19. The molecule has 9 nitrogen and oxygen atoms in total. The summed E-state index contributed by atoms with van der Waals surface area (Å²) in [5.41, 5.74) is 0.